The van der Waals surface area contributed by atoms with Crippen LogP contribution in [0.25, 0.3) is 10.4 Å². The third kappa shape index (κ3) is 2.46. The maximum atomic E-state index is 11.0. The van der Waals surface area contributed by atoms with Crippen LogP contribution in [0.2, 0.25) is 0 Å². The van der Waals surface area contributed by atoms with Crippen LogP contribution in [0, 0.1) is 13.8 Å². The van der Waals surface area contributed by atoms with E-state index in [9.17, 15) is 4.79 Å². The molecule has 3 heteroatoms. The predicted octanol–water partition coefficient (Wildman–Crippen LogP) is 4.22. The van der Waals surface area contributed by atoms with E-state index >= 15 is 0 Å². The fourth-order valence-corrected chi connectivity index (χ4v) is 2.81. The molecule has 0 aliphatic rings. The SMILES string of the molecule is Cc1ccc(-c2ccc(C(C)C(=O)O)s2)cc1C. The highest BCUT2D eigenvalue weighted by molar-refractivity contribution is 7.15. The summed E-state index contributed by atoms with van der Waals surface area (Å²) in [7, 11) is 0. The molecule has 1 atom stereocenters. The molecule has 0 bridgehead atoms. The minimum absolute atomic E-state index is 0.435. The Balaban J connectivity index is 2.35. The Kier molecular flexibility index (Phi) is 3.53. The lowest BCUT2D eigenvalue weighted by atomic mass is 10.1. The number of thiophene rings is 1. The first-order chi connectivity index (χ1) is 8.49. The Labute approximate surface area is 111 Å². The van der Waals surface area contributed by atoms with Crippen LogP contribution in [0.1, 0.15) is 28.8 Å². The van der Waals surface area contributed by atoms with Crippen molar-refractivity contribution < 1.29 is 9.90 Å². The quantitative estimate of drug-likeness (QED) is 0.897. The second-order valence-electron chi connectivity index (χ2n) is 4.56. The molecule has 0 saturated carbocycles. The van der Waals surface area contributed by atoms with Gasteiger partial charge in [-0.1, -0.05) is 18.2 Å². The maximum absolute atomic E-state index is 11.0. The van der Waals surface area contributed by atoms with Crippen LogP contribution in [0.4, 0.5) is 0 Å². The summed E-state index contributed by atoms with van der Waals surface area (Å²) in [4.78, 5) is 13.0. The fourth-order valence-electron chi connectivity index (χ4n) is 1.76. The number of benzene rings is 1. The molecule has 0 fully saturated rings. The Morgan fingerprint density at radius 1 is 1.17 bits per heavy atom. The van der Waals surface area contributed by atoms with Gasteiger partial charge in [-0.15, -0.1) is 11.3 Å². The largest absolute Gasteiger partial charge is 0.481 e. The molecule has 2 nitrogen and oxygen atoms in total. The van der Waals surface area contributed by atoms with E-state index in [0.717, 1.165) is 15.3 Å². The van der Waals surface area contributed by atoms with Crippen molar-refractivity contribution in [3.05, 3.63) is 46.3 Å². The summed E-state index contributed by atoms with van der Waals surface area (Å²) in [6, 6.07) is 10.3. The number of rotatable bonds is 3. The molecular weight excluding hydrogens is 244 g/mol. The maximum Gasteiger partial charge on any atom is 0.311 e. The zero-order chi connectivity index (χ0) is 13.3. The lowest BCUT2D eigenvalue weighted by Gasteiger charge is -2.04. The third-order valence-electron chi connectivity index (χ3n) is 3.22. The highest BCUT2D eigenvalue weighted by Crippen LogP contribution is 2.33. The van der Waals surface area contributed by atoms with Crippen LogP contribution in [-0.2, 0) is 4.79 Å². The van der Waals surface area contributed by atoms with Crippen molar-refractivity contribution in [2.24, 2.45) is 0 Å². The number of hydrogen-bond donors (Lipinski definition) is 1. The zero-order valence-electron chi connectivity index (χ0n) is 10.7. The number of carbonyl (C=O) groups is 1. The molecule has 2 rings (SSSR count). The summed E-state index contributed by atoms with van der Waals surface area (Å²) in [5.41, 5.74) is 3.69. The van der Waals surface area contributed by atoms with Crippen LogP contribution >= 0.6 is 11.3 Å². The molecule has 0 radical (unpaired) electrons. The first-order valence-electron chi connectivity index (χ1n) is 5.89. The average Bonchev–Trinajstić information content (AvgIpc) is 2.81. The van der Waals surface area contributed by atoms with Crippen molar-refractivity contribution in [3.8, 4) is 10.4 Å². The van der Waals surface area contributed by atoms with Crippen LogP contribution in [-0.4, -0.2) is 11.1 Å². The molecule has 94 valence electrons. The second kappa shape index (κ2) is 4.94. The predicted molar refractivity (Wildman–Crippen MR) is 75.3 cm³/mol. The van der Waals surface area contributed by atoms with E-state index in [1.54, 1.807) is 18.3 Å². The van der Waals surface area contributed by atoms with E-state index in [2.05, 4.69) is 32.0 Å². The minimum atomic E-state index is -0.775. The first kappa shape index (κ1) is 12.8. The molecule has 0 saturated heterocycles. The van der Waals surface area contributed by atoms with Gasteiger partial charge in [0.25, 0.3) is 0 Å². The molecule has 1 N–H and O–H groups in total. The number of aryl methyl sites for hydroxylation is 2. The van der Waals surface area contributed by atoms with Crippen molar-refractivity contribution in [2.75, 3.05) is 0 Å². The molecule has 0 amide bonds. The van der Waals surface area contributed by atoms with Gasteiger partial charge in [0, 0.05) is 9.75 Å². The first-order valence-corrected chi connectivity index (χ1v) is 6.71. The lowest BCUT2D eigenvalue weighted by molar-refractivity contribution is -0.138. The number of carboxylic acids is 1. The van der Waals surface area contributed by atoms with Gasteiger partial charge in [-0.2, -0.15) is 0 Å². The molecule has 0 aliphatic carbocycles. The lowest BCUT2D eigenvalue weighted by Crippen LogP contribution is -2.04. The smallest absolute Gasteiger partial charge is 0.311 e. The fraction of sp³-hybridized carbons (Fsp3) is 0.267. The van der Waals surface area contributed by atoms with Crippen LogP contribution in [0.5, 0.6) is 0 Å². The average molecular weight is 260 g/mol. The molecule has 18 heavy (non-hydrogen) atoms. The van der Waals surface area contributed by atoms with Crippen molar-refractivity contribution in [3.63, 3.8) is 0 Å². The van der Waals surface area contributed by atoms with E-state index in [-0.39, 0.29) is 0 Å². The van der Waals surface area contributed by atoms with Crippen LogP contribution in [0.3, 0.4) is 0 Å². The van der Waals surface area contributed by atoms with Crippen LogP contribution in [0.15, 0.2) is 30.3 Å². The Hall–Kier alpha value is -1.61. The number of carboxylic acid groups (broad SMARTS) is 1. The normalized spacial score (nSPS) is 12.4. The summed E-state index contributed by atoms with van der Waals surface area (Å²) in [6.45, 7) is 5.90. The second-order valence-corrected chi connectivity index (χ2v) is 5.68. The number of hydrogen-bond acceptors (Lipinski definition) is 2. The van der Waals surface area contributed by atoms with Crippen molar-refractivity contribution >= 4 is 17.3 Å². The van der Waals surface area contributed by atoms with E-state index < -0.39 is 11.9 Å². The van der Waals surface area contributed by atoms with Crippen LogP contribution < -0.4 is 0 Å². The summed E-state index contributed by atoms with van der Waals surface area (Å²) >= 11 is 1.56. The Bertz CT molecular complexity index is 584. The van der Waals surface area contributed by atoms with Gasteiger partial charge >= 0.3 is 5.97 Å². The van der Waals surface area contributed by atoms with E-state index in [1.165, 1.54) is 11.1 Å². The molecule has 0 aliphatic heterocycles. The van der Waals surface area contributed by atoms with E-state index in [0.29, 0.717) is 0 Å². The summed E-state index contributed by atoms with van der Waals surface area (Å²) < 4.78 is 0. The number of aliphatic carboxylic acids is 1. The highest BCUT2D eigenvalue weighted by Gasteiger charge is 2.16. The standard InChI is InChI=1S/C15H16O2S/c1-9-4-5-12(8-10(9)2)14-7-6-13(18-14)11(3)15(16)17/h4-8,11H,1-3H3,(H,16,17). The Morgan fingerprint density at radius 3 is 2.50 bits per heavy atom. The van der Waals surface area contributed by atoms with Crippen molar-refractivity contribution in [2.45, 2.75) is 26.7 Å². The molecule has 0 spiro atoms. The van der Waals surface area contributed by atoms with E-state index in [1.807, 2.05) is 12.1 Å². The summed E-state index contributed by atoms with van der Waals surface area (Å²) in [5.74, 6) is -1.21. The van der Waals surface area contributed by atoms with Gasteiger partial charge in [-0.05, 0) is 49.6 Å². The van der Waals surface area contributed by atoms with Gasteiger partial charge in [0.15, 0.2) is 0 Å². The van der Waals surface area contributed by atoms with Crippen molar-refractivity contribution in [1.29, 1.82) is 0 Å². The monoisotopic (exact) mass is 260 g/mol. The van der Waals surface area contributed by atoms with Crippen molar-refractivity contribution in [1.82, 2.24) is 0 Å². The van der Waals surface area contributed by atoms with Gasteiger partial charge in [0.2, 0.25) is 0 Å². The molecular formula is C15H16O2S. The topological polar surface area (TPSA) is 37.3 Å². The molecule has 1 heterocycles. The zero-order valence-corrected chi connectivity index (χ0v) is 11.5. The summed E-state index contributed by atoms with van der Waals surface area (Å²) in [6.07, 6.45) is 0. The van der Waals surface area contributed by atoms with Gasteiger partial charge < -0.3 is 5.11 Å². The molecule has 1 unspecified atom stereocenters. The molecule has 2 aromatic rings. The highest BCUT2D eigenvalue weighted by atomic mass is 32.1. The van der Waals surface area contributed by atoms with Gasteiger partial charge in [-0.3, -0.25) is 4.79 Å². The third-order valence-corrected chi connectivity index (χ3v) is 4.53. The Morgan fingerprint density at radius 2 is 1.89 bits per heavy atom. The minimum Gasteiger partial charge on any atom is -0.481 e. The molecule has 1 aromatic heterocycles. The summed E-state index contributed by atoms with van der Waals surface area (Å²) in [5, 5.41) is 9.00. The van der Waals surface area contributed by atoms with Gasteiger partial charge in [0.05, 0.1) is 5.92 Å². The van der Waals surface area contributed by atoms with E-state index in [4.69, 9.17) is 5.11 Å². The van der Waals surface area contributed by atoms with Gasteiger partial charge in [0.1, 0.15) is 0 Å². The van der Waals surface area contributed by atoms with Gasteiger partial charge in [-0.25, -0.2) is 0 Å². The molecule has 1 aromatic carbocycles.